The Morgan fingerprint density at radius 2 is 2.15 bits per heavy atom. The first kappa shape index (κ1) is 14.7. The van der Waals surface area contributed by atoms with Crippen LogP contribution in [0.1, 0.15) is 12.8 Å². The topological polar surface area (TPSA) is 136 Å². The van der Waals surface area contributed by atoms with E-state index in [4.69, 9.17) is 28.5 Å². The predicted molar refractivity (Wildman–Crippen MR) is 51.6 cm³/mol. The van der Waals surface area contributed by atoms with E-state index in [2.05, 4.69) is 5.32 Å². The Labute approximate surface area is 81.4 Å². The van der Waals surface area contributed by atoms with Crippen molar-refractivity contribution in [3.05, 3.63) is 0 Å². The highest BCUT2D eigenvalue weighted by Gasteiger charge is 2.08. The molecule has 13 heavy (non-hydrogen) atoms. The van der Waals surface area contributed by atoms with Gasteiger partial charge in [0, 0.05) is 6.54 Å². The molecule has 0 fully saturated rings. The minimum atomic E-state index is -0.611. The van der Waals surface area contributed by atoms with E-state index in [0.717, 1.165) is 0 Å². The molecular formula is C6H15ClN4O2. The second-order valence-corrected chi connectivity index (χ2v) is 2.77. The van der Waals surface area contributed by atoms with Crippen molar-refractivity contribution in [2.45, 2.75) is 18.9 Å². The number of carbonyl (C=O) groups is 1. The Morgan fingerprint density at radius 3 is 2.54 bits per heavy atom. The third-order valence-corrected chi connectivity index (χ3v) is 1.58. The summed E-state index contributed by atoms with van der Waals surface area (Å²) in [6.07, 6.45) is 1.17. The Kier molecular flexibility index (Phi) is 8.78. The first-order valence-corrected chi connectivity index (χ1v) is 3.94. The largest absolute Gasteiger partial charge is 0.412 e. The molecule has 0 aromatic carbocycles. The van der Waals surface area contributed by atoms with Gasteiger partial charge in [-0.3, -0.25) is 10.2 Å². The van der Waals surface area contributed by atoms with Crippen LogP contribution in [0.15, 0.2) is 0 Å². The third kappa shape index (κ3) is 9.06. The van der Waals surface area contributed by atoms with Crippen LogP contribution in [0.2, 0.25) is 0 Å². The van der Waals surface area contributed by atoms with Gasteiger partial charge in [-0.1, -0.05) is 0 Å². The van der Waals surface area contributed by atoms with Crippen molar-refractivity contribution in [1.29, 1.82) is 5.41 Å². The fourth-order valence-electron chi connectivity index (χ4n) is 0.659. The lowest BCUT2D eigenvalue weighted by Crippen LogP contribution is -2.33. The van der Waals surface area contributed by atoms with Crippen molar-refractivity contribution in [3.63, 3.8) is 0 Å². The molecule has 0 aliphatic heterocycles. The lowest BCUT2D eigenvalue weighted by Gasteiger charge is -2.06. The molecular weight excluding hydrogens is 196 g/mol. The molecule has 1 atom stereocenters. The van der Waals surface area contributed by atoms with E-state index < -0.39 is 11.3 Å². The summed E-state index contributed by atoms with van der Waals surface area (Å²) in [6, 6.07) is -0.611. The number of nitrogens with one attached hydrogen (secondary N) is 2. The standard InChI is InChI=1S/C6H13ClN4O.H2O/c7-5(12)4(8)2-1-3-11-6(9)10;/h4H,1-3,8H2,(H4,9,10,11);1H2/t4-;/m0./s1. The minimum Gasteiger partial charge on any atom is -0.412 e. The zero-order valence-corrected chi connectivity index (χ0v) is 7.90. The molecule has 0 radical (unpaired) electrons. The summed E-state index contributed by atoms with van der Waals surface area (Å²) < 4.78 is 0. The van der Waals surface area contributed by atoms with Crippen molar-refractivity contribution in [3.8, 4) is 0 Å². The molecule has 0 bridgehead atoms. The Hall–Kier alpha value is -0.850. The van der Waals surface area contributed by atoms with Crippen molar-refractivity contribution < 1.29 is 10.3 Å². The number of halogens is 1. The smallest absolute Gasteiger partial charge is 0.238 e. The van der Waals surface area contributed by atoms with Crippen LogP contribution in [0, 0.1) is 5.41 Å². The summed E-state index contributed by atoms with van der Waals surface area (Å²) in [5.74, 6) is -0.0826. The molecule has 0 spiro atoms. The van der Waals surface area contributed by atoms with Crippen LogP contribution < -0.4 is 16.8 Å². The monoisotopic (exact) mass is 210 g/mol. The highest BCUT2D eigenvalue weighted by atomic mass is 35.5. The zero-order valence-electron chi connectivity index (χ0n) is 7.14. The second kappa shape index (κ2) is 7.78. The maximum Gasteiger partial charge on any atom is 0.238 e. The maximum atomic E-state index is 10.4. The van der Waals surface area contributed by atoms with Gasteiger partial charge in [0.25, 0.3) is 0 Å². The molecule has 0 unspecified atom stereocenters. The lowest BCUT2D eigenvalue weighted by molar-refractivity contribution is -0.112. The molecule has 6 nitrogen and oxygen atoms in total. The number of hydrogen-bond acceptors (Lipinski definition) is 3. The molecule has 0 aromatic heterocycles. The summed E-state index contributed by atoms with van der Waals surface area (Å²) in [5.41, 5.74) is 10.4. The van der Waals surface area contributed by atoms with Crippen LogP contribution in [0.25, 0.3) is 0 Å². The fourth-order valence-corrected chi connectivity index (χ4v) is 0.768. The Morgan fingerprint density at radius 1 is 1.62 bits per heavy atom. The van der Waals surface area contributed by atoms with Crippen molar-refractivity contribution in [1.82, 2.24) is 5.32 Å². The van der Waals surface area contributed by atoms with Crippen LogP contribution in [-0.4, -0.2) is 29.3 Å². The molecule has 0 aliphatic rings. The average molecular weight is 211 g/mol. The number of rotatable bonds is 5. The normalized spacial score (nSPS) is 11.2. The molecule has 78 valence electrons. The minimum absolute atomic E-state index is 0. The number of nitrogens with two attached hydrogens (primary N) is 2. The summed E-state index contributed by atoms with van der Waals surface area (Å²) in [5, 5.41) is 8.87. The number of hydrogen-bond donors (Lipinski definition) is 4. The van der Waals surface area contributed by atoms with Crippen LogP contribution in [0.4, 0.5) is 0 Å². The summed E-state index contributed by atoms with van der Waals surface area (Å²) in [4.78, 5) is 10.4. The van der Waals surface area contributed by atoms with Gasteiger partial charge < -0.3 is 22.3 Å². The molecule has 0 heterocycles. The van der Waals surface area contributed by atoms with Crippen molar-refractivity contribution in [2.75, 3.05) is 6.54 Å². The number of carbonyl (C=O) groups excluding carboxylic acids is 1. The van der Waals surface area contributed by atoms with E-state index in [1.54, 1.807) is 0 Å². The maximum absolute atomic E-state index is 10.4. The predicted octanol–water partition coefficient (Wildman–Crippen LogP) is -1.48. The third-order valence-electron chi connectivity index (χ3n) is 1.30. The first-order valence-electron chi connectivity index (χ1n) is 3.57. The van der Waals surface area contributed by atoms with E-state index in [1.165, 1.54) is 0 Å². The van der Waals surface area contributed by atoms with Gasteiger partial charge in [0.05, 0.1) is 6.04 Å². The van der Waals surface area contributed by atoms with Gasteiger partial charge in [-0.15, -0.1) is 0 Å². The quantitative estimate of drug-likeness (QED) is 0.190. The second-order valence-electron chi connectivity index (χ2n) is 2.39. The first-order chi connectivity index (χ1) is 5.54. The van der Waals surface area contributed by atoms with Crippen LogP contribution >= 0.6 is 11.6 Å². The van der Waals surface area contributed by atoms with Crippen LogP contribution in [-0.2, 0) is 4.79 Å². The molecule has 7 heteroatoms. The molecule has 0 saturated heterocycles. The average Bonchev–Trinajstić information content (AvgIpc) is 1.97. The van der Waals surface area contributed by atoms with Crippen LogP contribution in [0.5, 0.6) is 0 Å². The van der Waals surface area contributed by atoms with E-state index in [-0.39, 0.29) is 11.4 Å². The van der Waals surface area contributed by atoms with Gasteiger partial charge in [0.1, 0.15) is 0 Å². The van der Waals surface area contributed by atoms with Gasteiger partial charge in [-0.05, 0) is 24.4 Å². The van der Waals surface area contributed by atoms with E-state index in [1.807, 2.05) is 0 Å². The molecule has 0 amide bonds. The summed E-state index contributed by atoms with van der Waals surface area (Å²) in [6.45, 7) is 0.535. The summed E-state index contributed by atoms with van der Waals surface area (Å²) >= 11 is 5.12. The van der Waals surface area contributed by atoms with Gasteiger partial charge >= 0.3 is 0 Å². The van der Waals surface area contributed by atoms with Gasteiger partial charge in [0.2, 0.25) is 5.24 Å². The van der Waals surface area contributed by atoms with E-state index in [9.17, 15) is 4.79 Å². The molecule has 0 saturated carbocycles. The molecule has 0 aromatic rings. The van der Waals surface area contributed by atoms with Crippen molar-refractivity contribution in [2.24, 2.45) is 11.5 Å². The van der Waals surface area contributed by atoms with Gasteiger partial charge in [-0.25, -0.2) is 0 Å². The molecule has 0 rings (SSSR count). The fraction of sp³-hybridized carbons (Fsp3) is 0.667. The summed E-state index contributed by atoms with van der Waals surface area (Å²) in [7, 11) is 0. The van der Waals surface area contributed by atoms with Crippen molar-refractivity contribution >= 4 is 22.8 Å². The van der Waals surface area contributed by atoms with Crippen LogP contribution in [0.3, 0.4) is 0 Å². The molecule has 0 aliphatic carbocycles. The lowest BCUT2D eigenvalue weighted by atomic mass is 10.2. The highest BCUT2D eigenvalue weighted by Crippen LogP contribution is 1.96. The molecule has 8 N–H and O–H groups in total. The number of guanidine groups is 1. The highest BCUT2D eigenvalue weighted by molar-refractivity contribution is 6.64. The van der Waals surface area contributed by atoms with E-state index >= 15 is 0 Å². The van der Waals surface area contributed by atoms with Gasteiger partial charge in [0.15, 0.2) is 5.96 Å². The Balaban J connectivity index is 0. The SMILES string of the molecule is N=C(N)NCCC[C@H](N)C(=O)Cl.O. The zero-order chi connectivity index (χ0) is 9.56. The van der Waals surface area contributed by atoms with Gasteiger partial charge in [-0.2, -0.15) is 0 Å². The Bertz CT molecular complexity index is 176. The van der Waals surface area contributed by atoms with E-state index in [0.29, 0.717) is 19.4 Å².